The molecule has 62 valence electrons. The molecule has 0 spiro atoms. The molecule has 0 unspecified atom stereocenters. The number of fused-ring (bicyclic) bond motifs is 1. The highest BCUT2D eigenvalue weighted by molar-refractivity contribution is 5.83. The number of piperidine rings is 1. The van der Waals surface area contributed by atoms with Crippen LogP contribution < -0.4 is 0 Å². The molecule has 3 heteroatoms. The summed E-state index contributed by atoms with van der Waals surface area (Å²) in [4.78, 5) is 13.5. The van der Waals surface area contributed by atoms with Gasteiger partial charge in [0.2, 0.25) is 0 Å². The lowest BCUT2D eigenvalue weighted by Gasteiger charge is -2.31. The number of Topliss-reactive ketones (excluding diaryl/α,β-unsaturated/α-hetero) is 1. The number of hydrogen-bond acceptors (Lipinski definition) is 3. The average Bonchev–Trinajstić information content (AvgIpc) is 2.45. The number of rotatable bonds is 0. The van der Waals surface area contributed by atoms with Gasteiger partial charge in [0, 0.05) is 19.0 Å². The summed E-state index contributed by atoms with van der Waals surface area (Å²) in [6.07, 6.45) is 0.709. The molecule has 0 saturated carbocycles. The topological polar surface area (TPSA) is 29.5 Å². The van der Waals surface area contributed by atoms with E-state index in [0.29, 0.717) is 24.9 Å². The van der Waals surface area contributed by atoms with Gasteiger partial charge in [-0.15, -0.1) is 0 Å². The van der Waals surface area contributed by atoms with Gasteiger partial charge in [0.15, 0.2) is 0 Å². The largest absolute Gasteiger partial charge is 0.379 e. The summed E-state index contributed by atoms with van der Waals surface area (Å²) in [5.74, 6) is 0.569. The lowest BCUT2D eigenvalue weighted by atomic mass is 9.91. The van der Waals surface area contributed by atoms with Crippen molar-refractivity contribution in [2.24, 2.45) is 5.92 Å². The van der Waals surface area contributed by atoms with Gasteiger partial charge in [0.25, 0.3) is 0 Å². The minimum Gasteiger partial charge on any atom is -0.379 e. The lowest BCUT2D eigenvalue weighted by molar-refractivity contribution is -0.126. The van der Waals surface area contributed by atoms with Crippen LogP contribution in [-0.4, -0.2) is 43.5 Å². The fourth-order valence-electron chi connectivity index (χ4n) is 1.92. The second-order valence-electron chi connectivity index (χ2n) is 3.41. The van der Waals surface area contributed by atoms with Crippen molar-refractivity contribution in [1.82, 2.24) is 4.90 Å². The van der Waals surface area contributed by atoms with E-state index in [1.807, 2.05) is 0 Å². The normalized spacial score (nSPS) is 39.2. The van der Waals surface area contributed by atoms with Crippen LogP contribution in [-0.2, 0) is 9.53 Å². The molecular weight excluding hydrogens is 142 g/mol. The molecule has 2 saturated heterocycles. The summed E-state index contributed by atoms with van der Waals surface area (Å²) in [6, 6.07) is 0.372. The molecule has 0 aliphatic carbocycles. The van der Waals surface area contributed by atoms with E-state index in [4.69, 9.17) is 4.74 Å². The van der Waals surface area contributed by atoms with Gasteiger partial charge >= 0.3 is 0 Å². The van der Waals surface area contributed by atoms with Crippen molar-refractivity contribution in [1.29, 1.82) is 0 Å². The van der Waals surface area contributed by atoms with Crippen molar-refractivity contribution >= 4 is 5.78 Å². The predicted molar refractivity (Wildman–Crippen MR) is 40.4 cm³/mol. The summed E-state index contributed by atoms with van der Waals surface area (Å²) in [7, 11) is 2.07. The van der Waals surface area contributed by atoms with Crippen molar-refractivity contribution in [2.75, 3.05) is 26.8 Å². The summed E-state index contributed by atoms with van der Waals surface area (Å²) in [5, 5.41) is 0. The van der Waals surface area contributed by atoms with Crippen LogP contribution in [0.4, 0.5) is 0 Å². The smallest absolute Gasteiger partial charge is 0.141 e. The first kappa shape index (κ1) is 7.25. The third-order valence-electron chi connectivity index (χ3n) is 2.74. The van der Waals surface area contributed by atoms with Crippen LogP contribution in [0.15, 0.2) is 0 Å². The molecule has 0 amide bonds. The third-order valence-corrected chi connectivity index (χ3v) is 2.74. The van der Waals surface area contributed by atoms with Gasteiger partial charge in [-0.1, -0.05) is 0 Å². The van der Waals surface area contributed by atoms with E-state index in [9.17, 15) is 4.79 Å². The molecule has 2 aliphatic rings. The van der Waals surface area contributed by atoms with Gasteiger partial charge in [-0.25, -0.2) is 0 Å². The van der Waals surface area contributed by atoms with Crippen molar-refractivity contribution in [2.45, 2.75) is 12.5 Å². The number of carbonyl (C=O) groups is 1. The van der Waals surface area contributed by atoms with E-state index in [1.54, 1.807) is 0 Å². The number of carbonyl (C=O) groups excluding carboxylic acids is 1. The Balaban J connectivity index is 2.14. The minimum absolute atomic E-state index is 0.175. The highest BCUT2D eigenvalue weighted by atomic mass is 16.5. The quantitative estimate of drug-likeness (QED) is 0.489. The van der Waals surface area contributed by atoms with Crippen molar-refractivity contribution in [3.8, 4) is 0 Å². The Morgan fingerprint density at radius 1 is 1.55 bits per heavy atom. The van der Waals surface area contributed by atoms with Crippen LogP contribution in [0.1, 0.15) is 6.42 Å². The Labute approximate surface area is 66.3 Å². The number of likely N-dealkylation sites (tertiary alicyclic amines) is 1. The van der Waals surface area contributed by atoms with Gasteiger partial charge in [0.1, 0.15) is 5.78 Å². The van der Waals surface area contributed by atoms with E-state index in [-0.39, 0.29) is 5.92 Å². The maximum atomic E-state index is 11.3. The van der Waals surface area contributed by atoms with E-state index >= 15 is 0 Å². The van der Waals surface area contributed by atoms with Crippen molar-refractivity contribution in [3.05, 3.63) is 0 Å². The highest BCUT2D eigenvalue weighted by Crippen LogP contribution is 2.24. The van der Waals surface area contributed by atoms with Crippen LogP contribution in [0.3, 0.4) is 0 Å². The zero-order valence-electron chi connectivity index (χ0n) is 6.75. The molecule has 2 heterocycles. The molecule has 0 bridgehead atoms. The first-order chi connectivity index (χ1) is 5.29. The molecule has 0 aromatic carbocycles. The Bertz CT molecular complexity index is 181. The van der Waals surface area contributed by atoms with Gasteiger partial charge < -0.3 is 4.74 Å². The van der Waals surface area contributed by atoms with E-state index < -0.39 is 0 Å². The number of ketones is 1. The Kier molecular flexibility index (Phi) is 1.69. The van der Waals surface area contributed by atoms with Gasteiger partial charge in [0.05, 0.1) is 19.1 Å². The fraction of sp³-hybridized carbons (Fsp3) is 0.875. The first-order valence-electron chi connectivity index (χ1n) is 4.10. The number of likely N-dealkylation sites (N-methyl/N-ethyl adjacent to an activating group) is 1. The van der Waals surface area contributed by atoms with Crippen LogP contribution >= 0.6 is 0 Å². The molecule has 2 rings (SSSR count). The number of ether oxygens (including phenoxy) is 1. The van der Waals surface area contributed by atoms with Crippen LogP contribution in [0.2, 0.25) is 0 Å². The zero-order chi connectivity index (χ0) is 7.84. The zero-order valence-corrected chi connectivity index (χ0v) is 6.75. The number of hydrogen-bond donors (Lipinski definition) is 0. The summed E-state index contributed by atoms with van der Waals surface area (Å²) >= 11 is 0. The van der Waals surface area contributed by atoms with Crippen LogP contribution in [0, 0.1) is 5.92 Å². The van der Waals surface area contributed by atoms with E-state index in [2.05, 4.69) is 11.9 Å². The van der Waals surface area contributed by atoms with Crippen LogP contribution in [0.25, 0.3) is 0 Å². The Morgan fingerprint density at radius 3 is 3.09 bits per heavy atom. The molecule has 2 fully saturated rings. The molecule has 3 nitrogen and oxygen atoms in total. The van der Waals surface area contributed by atoms with Gasteiger partial charge in [-0.3, -0.25) is 9.69 Å². The highest BCUT2D eigenvalue weighted by Gasteiger charge is 2.39. The maximum Gasteiger partial charge on any atom is 0.141 e. The van der Waals surface area contributed by atoms with Crippen molar-refractivity contribution < 1.29 is 9.53 Å². The molecule has 11 heavy (non-hydrogen) atoms. The second-order valence-corrected chi connectivity index (χ2v) is 3.41. The number of nitrogens with zero attached hydrogens (tertiary/aromatic N) is 1. The first-order valence-corrected chi connectivity index (χ1v) is 4.10. The van der Waals surface area contributed by atoms with Gasteiger partial charge in [-0.05, 0) is 7.05 Å². The van der Waals surface area contributed by atoms with Crippen LogP contribution in [0.5, 0.6) is 0 Å². The average molecular weight is 155 g/mol. The predicted octanol–water partition coefficient (Wildman–Crippen LogP) is -0.0940. The maximum absolute atomic E-state index is 11.3. The van der Waals surface area contributed by atoms with Gasteiger partial charge in [-0.2, -0.15) is 0 Å². The summed E-state index contributed by atoms with van der Waals surface area (Å²) in [6.45, 7) is 2.30. The minimum atomic E-state index is 0.175. The third kappa shape index (κ3) is 1.08. The summed E-state index contributed by atoms with van der Waals surface area (Å²) < 4.78 is 5.27. The Morgan fingerprint density at radius 2 is 2.36 bits per heavy atom. The molecule has 2 aliphatic heterocycles. The van der Waals surface area contributed by atoms with Crippen molar-refractivity contribution in [3.63, 3.8) is 0 Å². The summed E-state index contributed by atoms with van der Waals surface area (Å²) in [5.41, 5.74) is 0. The second kappa shape index (κ2) is 2.57. The SMILES string of the molecule is CN1CCC(=O)[C@H]2COC[C@H]21. The molecule has 0 aromatic rings. The molecule has 0 aromatic heterocycles. The monoisotopic (exact) mass is 155 g/mol. The lowest BCUT2D eigenvalue weighted by Crippen LogP contribution is -2.46. The molecule has 0 radical (unpaired) electrons. The Hall–Kier alpha value is -0.410. The standard InChI is InChI=1S/C8H13NO2/c1-9-3-2-8(10)6-4-11-5-7(6)9/h6-7H,2-5H2,1H3/t6-,7+/m0/s1. The fourth-order valence-corrected chi connectivity index (χ4v) is 1.92. The molecular formula is C8H13NO2. The van der Waals surface area contributed by atoms with E-state index in [0.717, 1.165) is 13.2 Å². The van der Waals surface area contributed by atoms with E-state index in [1.165, 1.54) is 0 Å². The molecule has 0 N–H and O–H groups in total. The molecule has 2 atom stereocenters.